The molecule has 0 radical (unpaired) electrons. The summed E-state index contributed by atoms with van der Waals surface area (Å²) in [6, 6.07) is 9.85. The Bertz CT molecular complexity index is 314. The topological polar surface area (TPSA) is 55.6 Å². The maximum Gasteiger partial charge on any atom is 0.248 e. The summed E-state index contributed by atoms with van der Waals surface area (Å²) in [6.07, 6.45) is 0. The third-order valence-corrected chi connectivity index (χ3v) is 2.18. The maximum absolute atomic E-state index is 11.6. The molecule has 0 bridgehead atoms. The van der Waals surface area contributed by atoms with Gasteiger partial charge >= 0.3 is 0 Å². The SMILES string of the molecule is CN(Cc1ccccc1)C(=O)COCCN. The highest BCUT2D eigenvalue weighted by Gasteiger charge is 2.08. The molecule has 0 saturated heterocycles. The quantitative estimate of drug-likeness (QED) is 0.718. The molecule has 0 unspecified atom stereocenters. The summed E-state index contributed by atoms with van der Waals surface area (Å²) in [5, 5.41) is 0. The monoisotopic (exact) mass is 222 g/mol. The van der Waals surface area contributed by atoms with E-state index in [0.717, 1.165) is 5.56 Å². The van der Waals surface area contributed by atoms with E-state index in [4.69, 9.17) is 10.5 Å². The first-order valence-electron chi connectivity index (χ1n) is 5.29. The van der Waals surface area contributed by atoms with Gasteiger partial charge in [0.05, 0.1) is 6.61 Å². The Kier molecular flexibility index (Phi) is 5.53. The van der Waals surface area contributed by atoms with Crippen LogP contribution in [-0.2, 0) is 16.1 Å². The van der Waals surface area contributed by atoms with Crippen LogP contribution in [0.4, 0.5) is 0 Å². The molecule has 0 saturated carbocycles. The van der Waals surface area contributed by atoms with Gasteiger partial charge in [-0.3, -0.25) is 4.79 Å². The van der Waals surface area contributed by atoms with Crippen molar-refractivity contribution in [2.75, 3.05) is 26.8 Å². The lowest BCUT2D eigenvalue weighted by atomic mass is 10.2. The van der Waals surface area contributed by atoms with E-state index in [1.165, 1.54) is 0 Å². The molecule has 4 heteroatoms. The van der Waals surface area contributed by atoms with Crippen LogP contribution in [0, 0.1) is 0 Å². The fourth-order valence-electron chi connectivity index (χ4n) is 1.30. The molecule has 1 aromatic rings. The normalized spacial score (nSPS) is 10.1. The van der Waals surface area contributed by atoms with Gasteiger partial charge in [-0.2, -0.15) is 0 Å². The summed E-state index contributed by atoms with van der Waals surface area (Å²) in [7, 11) is 1.77. The van der Waals surface area contributed by atoms with E-state index >= 15 is 0 Å². The maximum atomic E-state index is 11.6. The number of nitrogens with two attached hydrogens (primary N) is 1. The van der Waals surface area contributed by atoms with Crippen LogP contribution in [0.5, 0.6) is 0 Å². The summed E-state index contributed by atoms with van der Waals surface area (Å²) in [5.74, 6) is -0.0303. The molecule has 0 heterocycles. The molecule has 0 aliphatic rings. The van der Waals surface area contributed by atoms with Crippen molar-refractivity contribution in [3.8, 4) is 0 Å². The molecule has 0 aliphatic carbocycles. The van der Waals surface area contributed by atoms with Crippen LogP contribution in [-0.4, -0.2) is 37.6 Å². The Morgan fingerprint density at radius 3 is 2.69 bits per heavy atom. The van der Waals surface area contributed by atoms with Gasteiger partial charge < -0.3 is 15.4 Å². The lowest BCUT2D eigenvalue weighted by Crippen LogP contribution is -2.30. The number of ether oxygens (including phenoxy) is 1. The van der Waals surface area contributed by atoms with Crippen molar-refractivity contribution in [2.45, 2.75) is 6.54 Å². The average molecular weight is 222 g/mol. The molecule has 16 heavy (non-hydrogen) atoms. The summed E-state index contributed by atoms with van der Waals surface area (Å²) in [6.45, 7) is 1.56. The van der Waals surface area contributed by atoms with Gasteiger partial charge in [0, 0.05) is 20.1 Å². The molecule has 88 valence electrons. The van der Waals surface area contributed by atoms with Gasteiger partial charge in [0.25, 0.3) is 0 Å². The van der Waals surface area contributed by atoms with Crippen LogP contribution >= 0.6 is 0 Å². The molecule has 0 spiro atoms. The lowest BCUT2D eigenvalue weighted by molar-refractivity contribution is -0.135. The lowest BCUT2D eigenvalue weighted by Gasteiger charge is -2.17. The second-order valence-electron chi connectivity index (χ2n) is 3.58. The van der Waals surface area contributed by atoms with Gasteiger partial charge in [-0.15, -0.1) is 0 Å². The fourth-order valence-corrected chi connectivity index (χ4v) is 1.30. The van der Waals surface area contributed by atoms with Crippen LogP contribution in [0.1, 0.15) is 5.56 Å². The third kappa shape index (κ3) is 4.42. The fraction of sp³-hybridized carbons (Fsp3) is 0.417. The second-order valence-corrected chi connectivity index (χ2v) is 3.58. The number of nitrogens with zero attached hydrogens (tertiary/aromatic N) is 1. The standard InChI is InChI=1S/C12H18N2O2/c1-14(12(15)10-16-8-7-13)9-11-5-3-2-4-6-11/h2-6H,7-10,13H2,1H3. The molecular formula is C12H18N2O2. The van der Waals surface area contributed by atoms with Gasteiger partial charge in [-0.1, -0.05) is 30.3 Å². The highest BCUT2D eigenvalue weighted by Crippen LogP contribution is 2.02. The van der Waals surface area contributed by atoms with E-state index < -0.39 is 0 Å². The van der Waals surface area contributed by atoms with Crippen molar-refractivity contribution in [3.05, 3.63) is 35.9 Å². The van der Waals surface area contributed by atoms with Crippen LogP contribution in [0.25, 0.3) is 0 Å². The van der Waals surface area contributed by atoms with Gasteiger partial charge in [-0.25, -0.2) is 0 Å². The minimum Gasteiger partial charge on any atom is -0.370 e. The molecule has 0 aromatic heterocycles. The van der Waals surface area contributed by atoms with E-state index in [1.54, 1.807) is 11.9 Å². The number of benzene rings is 1. The van der Waals surface area contributed by atoms with Gasteiger partial charge in [0.2, 0.25) is 5.91 Å². The predicted octanol–water partition coefficient (Wildman–Crippen LogP) is 0.620. The molecule has 1 aromatic carbocycles. The van der Waals surface area contributed by atoms with Gasteiger partial charge in [-0.05, 0) is 5.56 Å². The van der Waals surface area contributed by atoms with E-state index in [-0.39, 0.29) is 12.5 Å². The number of carbonyl (C=O) groups excluding carboxylic acids is 1. The molecule has 0 atom stereocenters. The van der Waals surface area contributed by atoms with Crippen LogP contribution < -0.4 is 5.73 Å². The van der Waals surface area contributed by atoms with E-state index in [1.807, 2.05) is 30.3 Å². The van der Waals surface area contributed by atoms with Crippen LogP contribution in [0.2, 0.25) is 0 Å². The number of hydrogen-bond donors (Lipinski definition) is 1. The molecule has 4 nitrogen and oxygen atoms in total. The molecular weight excluding hydrogens is 204 g/mol. The number of amides is 1. The Labute approximate surface area is 96.0 Å². The number of carbonyl (C=O) groups is 1. The zero-order valence-corrected chi connectivity index (χ0v) is 9.56. The number of likely N-dealkylation sites (N-methyl/N-ethyl adjacent to an activating group) is 1. The molecule has 1 rings (SSSR count). The largest absolute Gasteiger partial charge is 0.370 e. The van der Waals surface area contributed by atoms with Crippen LogP contribution in [0.15, 0.2) is 30.3 Å². The Hall–Kier alpha value is -1.39. The highest BCUT2D eigenvalue weighted by molar-refractivity contribution is 5.77. The zero-order chi connectivity index (χ0) is 11.8. The first kappa shape index (κ1) is 12.7. The van der Waals surface area contributed by atoms with E-state index in [9.17, 15) is 4.79 Å². The highest BCUT2D eigenvalue weighted by atomic mass is 16.5. The summed E-state index contributed by atoms with van der Waals surface area (Å²) in [5.41, 5.74) is 6.37. The Morgan fingerprint density at radius 2 is 2.06 bits per heavy atom. The van der Waals surface area contributed by atoms with Crippen LogP contribution in [0.3, 0.4) is 0 Å². The van der Waals surface area contributed by atoms with E-state index in [0.29, 0.717) is 19.7 Å². The smallest absolute Gasteiger partial charge is 0.248 e. The first-order valence-corrected chi connectivity index (χ1v) is 5.29. The molecule has 0 aliphatic heterocycles. The van der Waals surface area contributed by atoms with Crippen molar-refractivity contribution in [3.63, 3.8) is 0 Å². The summed E-state index contributed by atoms with van der Waals surface area (Å²) < 4.78 is 5.09. The molecule has 0 fully saturated rings. The van der Waals surface area contributed by atoms with E-state index in [2.05, 4.69) is 0 Å². The molecule has 2 N–H and O–H groups in total. The number of rotatable bonds is 6. The minimum absolute atomic E-state index is 0.0303. The van der Waals surface area contributed by atoms with Crippen molar-refractivity contribution in [1.29, 1.82) is 0 Å². The second kappa shape index (κ2) is 6.98. The van der Waals surface area contributed by atoms with Crippen molar-refractivity contribution in [1.82, 2.24) is 4.90 Å². The predicted molar refractivity (Wildman–Crippen MR) is 62.8 cm³/mol. The van der Waals surface area contributed by atoms with Crippen molar-refractivity contribution >= 4 is 5.91 Å². The van der Waals surface area contributed by atoms with Gasteiger partial charge in [0.15, 0.2) is 0 Å². The van der Waals surface area contributed by atoms with Crippen molar-refractivity contribution in [2.24, 2.45) is 5.73 Å². The Balaban J connectivity index is 2.34. The number of hydrogen-bond acceptors (Lipinski definition) is 3. The van der Waals surface area contributed by atoms with Crippen molar-refractivity contribution < 1.29 is 9.53 Å². The first-order chi connectivity index (χ1) is 7.74. The zero-order valence-electron chi connectivity index (χ0n) is 9.56. The minimum atomic E-state index is -0.0303. The molecule has 1 amide bonds. The third-order valence-electron chi connectivity index (χ3n) is 2.18. The average Bonchev–Trinajstić information content (AvgIpc) is 2.30. The van der Waals surface area contributed by atoms with Gasteiger partial charge in [0.1, 0.15) is 6.61 Å². The summed E-state index contributed by atoms with van der Waals surface area (Å²) >= 11 is 0. The summed E-state index contributed by atoms with van der Waals surface area (Å²) in [4.78, 5) is 13.2. The Morgan fingerprint density at radius 1 is 1.38 bits per heavy atom.